The molecule has 2 heterocycles. The van der Waals surface area contributed by atoms with Crippen LogP contribution in [0.25, 0.3) is 4.96 Å². The summed E-state index contributed by atoms with van der Waals surface area (Å²) in [6.07, 6.45) is 0. The predicted octanol–water partition coefficient (Wildman–Crippen LogP) is 3.25. The number of hydrogen-bond acceptors (Lipinski definition) is 5. The molecule has 108 valence electrons. The second-order valence-electron chi connectivity index (χ2n) is 4.86. The average molecular weight is 317 g/mol. The molecule has 0 atom stereocenters. The number of para-hydroxylation sites is 1. The lowest BCUT2D eigenvalue weighted by molar-refractivity contribution is 0.997. The molecule has 0 spiro atoms. The molecule has 3 rings (SSSR count). The van der Waals surface area contributed by atoms with E-state index in [9.17, 15) is 4.79 Å². The SMILES string of the molecule is Cc1cccc(SCc2cc(=O)n3c(C)csc3n2)c1N. The maximum Gasteiger partial charge on any atom is 0.258 e. The number of rotatable bonds is 3. The second-order valence-corrected chi connectivity index (χ2v) is 6.71. The van der Waals surface area contributed by atoms with Gasteiger partial charge in [0, 0.05) is 33.5 Å². The average Bonchev–Trinajstić information content (AvgIpc) is 2.82. The Morgan fingerprint density at radius 1 is 1.38 bits per heavy atom. The van der Waals surface area contributed by atoms with Gasteiger partial charge in [0.05, 0.1) is 5.69 Å². The first kappa shape index (κ1) is 14.2. The van der Waals surface area contributed by atoms with Gasteiger partial charge in [0.2, 0.25) is 0 Å². The number of thioether (sulfide) groups is 1. The Morgan fingerprint density at radius 2 is 2.19 bits per heavy atom. The highest BCUT2D eigenvalue weighted by Crippen LogP contribution is 2.29. The molecule has 0 unspecified atom stereocenters. The van der Waals surface area contributed by atoms with Crippen molar-refractivity contribution in [2.24, 2.45) is 0 Å². The zero-order valence-corrected chi connectivity index (χ0v) is 13.4. The molecule has 0 aliphatic heterocycles. The third-order valence-corrected chi connectivity index (χ3v) is 5.34. The summed E-state index contributed by atoms with van der Waals surface area (Å²) in [7, 11) is 0. The summed E-state index contributed by atoms with van der Waals surface area (Å²) in [6.45, 7) is 3.90. The topological polar surface area (TPSA) is 60.4 Å². The number of nitrogens with two attached hydrogens (primary N) is 1. The molecule has 0 saturated heterocycles. The summed E-state index contributed by atoms with van der Waals surface area (Å²) in [6, 6.07) is 7.58. The van der Waals surface area contributed by atoms with Gasteiger partial charge in [-0.3, -0.25) is 9.20 Å². The van der Waals surface area contributed by atoms with Crippen molar-refractivity contribution < 1.29 is 0 Å². The zero-order valence-electron chi connectivity index (χ0n) is 11.8. The molecule has 0 aliphatic rings. The summed E-state index contributed by atoms with van der Waals surface area (Å²) in [5, 5.41) is 1.94. The standard InChI is InChI=1S/C15H15N3OS2/c1-9-4-3-5-12(14(9)16)20-8-11-6-13(19)18-10(2)7-21-15(18)17-11/h3-7H,8,16H2,1-2H3. The third kappa shape index (κ3) is 2.69. The van der Waals surface area contributed by atoms with Crippen molar-refractivity contribution in [3.05, 3.63) is 57.0 Å². The minimum absolute atomic E-state index is 0.0217. The number of nitrogens with zero attached hydrogens (tertiary/aromatic N) is 2. The fraction of sp³-hybridized carbons (Fsp3) is 0.200. The van der Waals surface area contributed by atoms with Crippen molar-refractivity contribution >= 4 is 33.7 Å². The molecule has 0 bridgehead atoms. The molecule has 3 aromatic rings. The van der Waals surface area contributed by atoms with E-state index < -0.39 is 0 Å². The lowest BCUT2D eigenvalue weighted by Crippen LogP contribution is -2.14. The van der Waals surface area contributed by atoms with E-state index in [0.29, 0.717) is 5.75 Å². The summed E-state index contributed by atoms with van der Waals surface area (Å²) in [5.41, 5.74) is 9.62. The van der Waals surface area contributed by atoms with Crippen LogP contribution in [-0.2, 0) is 5.75 Å². The highest BCUT2D eigenvalue weighted by atomic mass is 32.2. The van der Waals surface area contributed by atoms with Gasteiger partial charge < -0.3 is 5.73 Å². The van der Waals surface area contributed by atoms with Crippen LogP contribution in [0.2, 0.25) is 0 Å². The van der Waals surface area contributed by atoms with E-state index in [4.69, 9.17) is 5.73 Å². The van der Waals surface area contributed by atoms with Crippen LogP contribution in [0.3, 0.4) is 0 Å². The van der Waals surface area contributed by atoms with E-state index >= 15 is 0 Å². The molecular formula is C15H15N3OS2. The summed E-state index contributed by atoms with van der Waals surface area (Å²) >= 11 is 3.09. The third-order valence-electron chi connectivity index (χ3n) is 3.29. The maximum atomic E-state index is 12.1. The summed E-state index contributed by atoms with van der Waals surface area (Å²) in [5.74, 6) is 0.635. The van der Waals surface area contributed by atoms with Gasteiger partial charge in [-0.15, -0.1) is 23.1 Å². The molecule has 0 saturated carbocycles. The molecule has 2 aromatic heterocycles. The van der Waals surface area contributed by atoms with Crippen LogP contribution in [-0.4, -0.2) is 9.38 Å². The Balaban J connectivity index is 1.89. The Bertz CT molecular complexity index is 867. The maximum absolute atomic E-state index is 12.1. The number of hydrogen-bond donors (Lipinski definition) is 1. The van der Waals surface area contributed by atoms with E-state index in [-0.39, 0.29) is 5.56 Å². The number of benzene rings is 1. The number of aromatic nitrogens is 2. The number of anilines is 1. The highest BCUT2D eigenvalue weighted by molar-refractivity contribution is 7.98. The van der Waals surface area contributed by atoms with Crippen molar-refractivity contribution in [1.29, 1.82) is 0 Å². The smallest absolute Gasteiger partial charge is 0.258 e. The normalized spacial score (nSPS) is 11.1. The molecule has 21 heavy (non-hydrogen) atoms. The van der Waals surface area contributed by atoms with Gasteiger partial charge in [-0.1, -0.05) is 12.1 Å². The molecule has 0 aliphatic carbocycles. The lowest BCUT2D eigenvalue weighted by atomic mass is 10.2. The van der Waals surface area contributed by atoms with Gasteiger partial charge in [-0.05, 0) is 25.5 Å². The van der Waals surface area contributed by atoms with Crippen molar-refractivity contribution in [3.63, 3.8) is 0 Å². The largest absolute Gasteiger partial charge is 0.398 e. The fourth-order valence-electron chi connectivity index (χ4n) is 2.11. The molecule has 0 amide bonds. The van der Waals surface area contributed by atoms with Gasteiger partial charge in [0.1, 0.15) is 0 Å². The number of fused-ring (bicyclic) bond motifs is 1. The molecule has 0 radical (unpaired) electrons. The second kappa shape index (κ2) is 5.54. The first-order valence-corrected chi connectivity index (χ1v) is 8.37. The Morgan fingerprint density at radius 3 is 3.00 bits per heavy atom. The molecule has 4 nitrogen and oxygen atoms in total. The minimum atomic E-state index is -0.0217. The lowest BCUT2D eigenvalue weighted by Gasteiger charge is -2.07. The van der Waals surface area contributed by atoms with Crippen molar-refractivity contribution in [1.82, 2.24) is 9.38 Å². The van der Waals surface area contributed by atoms with Crippen LogP contribution in [0.4, 0.5) is 5.69 Å². The van der Waals surface area contributed by atoms with Gasteiger partial charge in [0.15, 0.2) is 4.96 Å². The van der Waals surface area contributed by atoms with Crippen LogP contribution in [0, 0.1) is 13.8 Å². The molecule has 2 N–H and O–H groups in total. The van der Waals surface area contributed by atoms with Gasteiger partial charge in [0.25, 0.3) is 5.56 Å². The molecular weight excluding hydrogens is 302 g/mol. The van der Waals surface area contributed by atoms with Crippen molar-refractivity contribution in [2.45, 2.75) is 24.5 Å². The highest BCUT2D eigenvalue weighted by Gasteiger charge is 2.08. The fourth-order valence-corrected chi connectivity index (χ4v) is 3.94. The van der Waals surface area contributed by atoms with Crippen LogP contribution >= 0.6 is 23.1 Å². The van der Waals surface area contributed by atoms with E-state index in [1.165, 1.54) is 11.3 Å². The first-order valence-electron chi connectivity index (χ1n) is 6.51. The minimum Gasteiger partial charge on any atom is -0.398 e. The molecule has 0 fully saturated rings. The van der Waals surface area contributed by atoms with Gasteiger partial charge in [-0.2, -0.15) is 0 Å². The van der Waals surface area contributed by atoms with E-state index in [1.54, 1.807) is 22.2 Å². The van der Waals surface area contributed by atoms with Crippen LogP contribution in [0.5, 0.6) is 0 Å². The van der Waals surface area contributed by atoms with E-state index in [2.05, 4.69) is 4.98 Å². The van der Waals surface area contributed by atoms with Gasteiger partial charge >= 0.3 is 0 Å². The predicted molar refractivity (Wildman–Crippen MR) is 89.2 cm³/mol. The number of nitrogen functional groups attached to an aromatic ring is 1. The van der Waals surface area contributed by atoms with Crippen molar-refractivity contribution in [3.8, 4) is 0 Å². The molecule has 1 aromatic carbocycles. The summed E-state index contributed by atoms with van der Waals surface area (Å²) < 4.78 is 1.64. The van der Waals surface area contributed by atoms with Gasteiger partial charge in [-0.25, -0.2) is 4.98 Å². The summed E-state index contributed by atoms with van der Waals surface area (Å²) in [4.78, 5) is 18.4. The van der Waals surface area contributed by atoms with Crippen LogP contribution < -0.4 is 11.3 Å². The Kier molecular flexibility index (Phi) is 3.73. The monoisotopic (exact) mass is 317 g/mol. The number of aryl methyl sites for hydroxylation is 2. The zero-order chi connectivity index (χ0) is 15.0. The quantitative estimate of drug-likeness (QED) is 0.595. The first-order chi connectivity index (χ1) is 10.1. The van der Waals surface area contributed by atoms with Crippen molar-refractivity contribution in [2.75, 3.05) is 5.73 Å². The molecule has 6 heteroatoms. The van der Waals surface area contributed by atoms with Crippen LogP contribution in [0.15, 0.2) is 39.3 Å². The van der Waals surface area contributed by atoms with Crippen LogP contribution in [0.1, 0.15) is 17.0 Å². The Labute approximate surface area is 130 Å². The Hall–Kier alpha value is -1.79. The van der Waals surface area contributed by atoms with E-state index in [1.807, 2.05) is 37.4 Å². The number of thiazole rings is 1. The van der Waals surface area contributed by atoms with E-state index in [0.717, 1.165) is 32.5 Å².